The maximum absolute atomic E-state index is 12.2. The number of carbonyl (C=O) groups is 2. The van der Waals surface area contributed by atoms with Gasteiger partial charge in [-0.05, 0) is 25.0 Å². The minimum Gasteiger partial charge on any atom is -0.493 e. The zero-order valence-corrected chi connectivity index (χ0v) is 13.7. The van der Waals surface area contributed by atoms with Gasteiger partial charge in [-0.1, -0.05) is 23.9 Å². The minimum atomic E-state index is -0.0330. The zero-order chi connectivity index (χ0) is 15.9. The quantitative estimate of drug-likeness (QED) is 0.804. The number of carbonyl (C=O) groups excluding carboxylic acids is 2. The van der Waals surface area contributed by atoms with E-state index in [1.165, 1.54) is 6.92 Å². The van der Waals surface area contributed by atoms with Crippen molar-refractivity contribution in [2.75, 3.05) is 26.0 Å². The first-order valence-corrected chi connectivity index (χ1v) is 8.29. The molecule has 1 amide bonds. The number of rotatable bonds is 6. The van der Waals surface area contributed by atoms with Crippen molar-refractivity contribution in [3.8, 4) is 11.5 Å². The van der Waals surface area contributed by atoms with Crippen molar-refractivity contribution < 1.29 is 19.1 Å². The van der Waals surface area contributed by atoms with E-state index < -0.39 is 0 Å². The van der Waals surface area contributed by atoms with Crippen LogP contribution >= 0.6 is 11.8 Å². The van der Waals surface area contributed by atoms with Crippen molar-refractivity contribution in [1.82, 2.24) is 4.90 Å². The summed E-state index contributed by atoms with van der Waals surface area (Å²) in [4.78, 5) is 25.0. The average Bonchev–Trinajstić information content (AvgIpc) is 2.99. The summed E-state index contributed by atoms with van der Waals surface area (Å²) in [5.74, 6) is 1.58. The molecule has 0 spiro atoms. The molecular weight excluding hydrogens is 302 g/mol. The van der Waals surface area contributed by atoms with Gasteiger partial charge >= 0.3 is 0 Å². The molecule has 0 saturated carbocycles. The standard InChI is InChI=1S/C16H21NO4S/c1-12(18)22-11-16(19)17-9-5-6-13(17)10-21-15-8-4-3-7-14(15)20-2/h3-4,7-8,13H,5-6,9-11H2,1-2H3/t13-/m1/s1. The molecule has 120 valence electrons. The van der Waals surface area contributed by atoms with E-state index in [9.17, 15) is 9.59 Å². The summed E-state index contributed by atoms with van der Waals surface area (Å²) in [6.07, 6.45) is 1.89. The summed E-state index contributed by atoms with van der Waals surface area (Å²) >= 11 is 1.06. The van der Waals surface area contributed by atoms with E-state index in [-0.39, 0.29) is 22.8 Å². The molecule has 1 aromatic rings. The number of likely N-dealkylation sites (tertiary alicyclic amines) is 1. The lowest BCUT2D eigenvalue weighted by molar-refractivity contribution is -0.129. The monoisotopic (exact) mass is 323 g/mol. The normalized spacial score (nSPS) is 17.4. The van der Waals surface area contributed by atoms with Crippen LogP contribution in [-0.4, -0.2) is 48.0 Å². The highest BCUT2D eigenvalue weighted by Gasteiger charge is 2.29. The summed E-state index contributed by atoms with van der Waals surface area (Å²) in [6.45, 7) is 2.65. The van der Waals surface area contributed by atoms with Crippen LogP contribution in [0.25, 0.3) is 0 Å². The number of thioether (sulfide) groups is 1. The second-order valence-corrected chi connectivity index (χ2v) is 6.28. The fourth-order valence-corrected chi connectivity index (χ4v) is 3.00. The number of methoxy groups -OCH3 is 1. The van der Waals surface area contributed by atoms with Gasteiger partial charge in [0.1, 0.15) is 6.61 Å². The van der Waals surface area contributed by atoms with Crippen LogP contribution in [0.4, 0.5) is 0 Å². The van der Waals surface area contributed by atoms with Crippen molar-refractivity contribution in [3.05, 3.63) is 24.3 Å². The average molecular weight is 323 g/mol. The Morgan fingerprint density at radius 3 is 2.73 bits per heavy atom. The Morgan fingerprint density at radius 2 is 2.05 bits per heavy atom. The van der Waals surface area contributed by atoms with Gasteiger partial charge in [-0.3, -0.25) is 9.59 Å². The summed E-state index contributed by atoms with van der Waals surface area (Å²) in [6, 6.07) is 7.53. The number of nitrogens with zero attached hydrogens (tertiary/aromatic N) is 1. The first-order valence-electron chi connectivity index (χ1n) is 7.30. The number of ether oxygens (including phenoxy) is 2. The molecule has 1 aromatic carbocycles. The Bertz CT molecular complexity index is 535. The molecule has 0 radical (unpaired) electrons. The van der Waals surface area contributed by atoms with Crippen LogP contribution in [0.15, 0.2) is 24.3 Å². The Hall–Kier alpha value is -1.69. The highest BCUT2D eigenvalue weighted by Crippen LogP contribution is 2.27. The van der Waals surface area contributed by atoms with E-state index in [2.05, 4.69) is 0 Å². The van der Waals surface area contributed by atoms with Crippen molar-refractivity contribution >= 4 is 22.8 Å². The molecule has 1 atom stereocenters. The molecule has 1 aliphatic heterocycles. The van der Waals surface area contributed by atoms with Crippen LogP contribution in [0.2, 0.25) is 0 Å². The molecule has 0 aromatic heterocycles. The van der Waals surface area contributed by atoms with E-state index in [4.69, 9.17) is 9.47 Å². The molecule has 6 heteroatoms. The lowest BCUT2D eigenvalue weighted by Gasteiger charge is -2.25. The van der Waals surface area contributed by atoms with E-state index in [1.54, 1.807) is 7.11 Å². The van der Waals surface area contributed by atoms with Crippen molar-refractivity contribution in [3.63, 3.8) is 0 Å². The van der Waals surface area contributed by atoms with Crippen LogP contribution in [0.3, 0.4) is 0 Å². The molecule has 22 heavy (non-hydrogen) atoms. The predicted octanol–water partition coefficient (Wildman–Crippen LogP) is 2.34. The minimum absolute atomic E-state index is 0.00586. The summed E-state index contributed by atoms with van der Waals surface area (Å²) in [5.41, 5.74) is 0. The third-order valence-electron chi connectivity index (χ3n) is 3.60. The maximum Gasteiger partial charge on any atom is 0.233 e. The van der Waals surface area contributed by atoms with E-state index in [1.807, 2.05) is 29.2 Å². The van der Waals surface area contributed by atoms with Gasteiger partial charge in [-0.25, -0.2) is 0 Å². The summed E-state index contributed by atoms with van der Waals surface area (Å²) < 4.78 is 11.1. The van der Waals surface area contributed by atoms with Crippen molar-refractivity contribution in [2.24, 2.45) is 0 Å². The molecule has 1 aliphatic rings. The molecule has 1 fully saturated rings. The largest absolute Gasteiger partial charge is 0.493 e. The molecule has 0 N–H and O–H groups in total. The van der Waals surface area contributed by atoms with E-state index >= 15 is 0 Å². The smallest absolute Gasteiger partial charge is 0.233 e. The molecule has 1 heterocycles. The topological polar surface area (TPSA) is 55.8 Å². The molecule has 0 aliphatic carbocycles. The first-order chi connectivity index (χ1) is 10.6. The molecule has 1 saturated heterocycles. The third-order valence-corrected chi connectivity index (χ3v) is 4.39. The molecular formula is C16H21NO4S. The van der Waals surface area contributed by atoms with Gasteiger partial charge < -0.3 is 14.4 Å². The Morgan fingerprint density at radius 1 is 1.32 bits per heavy atom. The van der Waals surface area contributed by atoms with Crippen LogP contribution < -0.4 is 9.47 Å². The molecule has 0 bridgehead atoms. The second kappa shape index (κ2) is 8.08. The van der Waals surface area contributed by atoms with E-state index in [0.29, 0.717) is 18.1 Å². The first kappa shape index (κ1) is 16.7. The van der Waals surface area contributed by atoms with Gasteiger partial charge in [0, 0.05) is 13.5 Å². The van der Waals surface area contributed by atoms with Crippen molar-refractivity contribution in [1.29, 1.82) is 0 Å². The number of benzene rings is 1. The van der Waals surface area contributed by atoms with Gasteiger partial charge in [-0.15, -0.1) is 0 Å². The van der Waals surface area contributed by atoms with Crippen molar-refractivity contribution in [2.45, 2.75) is 25.8 Å². The maximum atomic E-state index is 12.2. The van der Waals surface area contributed by atoms with Crippen LogP contribution in [0, 0.1) is 0 Å². The van der Waals surface area contributed by atoms with Crippen LogP contribution in [-0.2, 0) is 9.59 Å². The van der Waals surface area contributed by atoms with Crippen LogP contribution in [0.5, 0.6) is 11.5 Å². The molecule has 5 nitrogen and oxygen atoms in total. The summed E-state index contributed by atoms with van der Waals surface area (Å²) in [5, 5.41) is -0.0330. The second-order valence-electron chi connectivity index (χ2n) is 5.13. The Balaban J connectivity index is 1.91. The number of hydrogen-bond donors (Lipinski definition) is 0. The van der Waals surface area contributed by atoms with Gasteiger partial charge in [0.15, 0.2) is 16.6 Å². The van der Waals surface area contributed by atoms with Gasteiger partial charge in [0.2, 0.25) is 5.91 Å². The van der Waals surface area contributed by atoms with E-state index in [0.717, 1.165) is 31.1 Å². The van der Waals surface area contributed by atoms with Crippen LogP contribution in [0.1, 0.15) is 19.8 Å². The predicted molar refractivity (Wildman–Crippen MR) is 86.4 cm³/mol. The third kappa shape index (κ3) is 4.40. The fourth-order valence-electron chi connectivity index (χ4n) is 2.51. The lowest BCUT2D eigenvalue weighted by Crippen LogP contribution is -2.40. The molecule has 2 rings (SSSR count). The Labute approximate surface area is 135 Å². The number of para-hydroxylation sites is 2. The van der Waals surface area contributed by atoms with Gasteiger partial charge in [0.05, 0.1) is 18.9 Å². The molecule has 0 unspecified atom stereocenters. The fraction of sp³-hybridized carbons (Fsp3) is 0.500. The zero-order valence-electron chi connectivity index (χ0n) is 12.9. The van der Waals surface area contributed by atoms with Gasteiger partial charge in [-0.2, -0.15) is 0 Å². The highest BCUT2D eigenvalue weighted by molar-refractivity contribution is 8.14. The lowest BCUT2D eigenvalue weighted by atomic mass is 10.2. The highest BCUT2D eigenvalue weighted by atomic mass is 32.2. The SMILES string of the molecule is COc1ccccc1OC[C@H]1CCCN1C(=O)CSC(C)=O. The number of hydrogen-bond acceptors (Lipinski definition) is 5. The summed E-state index contributed by atoms with van der Waals surface area (Å²) in [7, 11) is 1.60. The Kier molecular flexibility index (Phi) is 6.12. The van der Waals surface area contributed by atoms with Gasteiger partial charge in [0.25, 0.3) is 0 Å². The number of amides is 1.